The van der Waals surface area contributed by atoms with Crippen molar-refractivity contribution in [2.75, 3.05) is 47.3 Å². The van der Waals surface area contributed by atoms with Gasteiger partial charge in [0.15, 0.2) is 32.9 Å². The molecule has 19 nitrogen and oxygen atoms in total. The number of hydrogen-bond donors (Lipinski definition) is 4. The van der Waals surface area contributed by atoms with Crippen LogP contribution in [-0.2, 0) is 39.2 Å². The molecule has 113 heavy (non-hydrogen) atoms. The van der Waals surface area contributed by atoms with E-state index in [9.17, 15) is 39.8 Å². The number of aryl methyl sites for hydroxylation is 9. The Morgan fingerprint density at radius 3 is 1.47 bits per heavy atom. The lowest BCUT2D eigenvalue weighted by Gasteiger charge is -2.32. The van der Waals surface area contributed by atoms with Crippen molar-refractivity contribution < 1.29 is 86.5 Å². The van der Waals surface area contributed by atoms with Crippen molar-refractivity contribution in [3.8, 4) is 46.3 Å². The minimum absolute atomic E-state index is 0.0291. The van der Waals surface area contributed by atoms with Gasteiger partial charge in [0.1, 0.15) is 46.5 Å². The quantitative estimate of drug-likeness (QED) is 0.0353. The highest BCUT2D eigenvalue weighted by molar-refractivity contribution is 9.11. The van der Waals surface area contributed by atoms with Crippen LogP contribution in [0.3, 0.4) is 0 Å². The predicted octanol–water partition coefficient (Wildman–Crippen LogP) is 21.6. The highest BCUT2D eigenvalue weighted by Crippen LogP contribution is 2.40. The Balaban J connectivity index is 0.000000338. The molecule has 0 spiro atoms. The molecule has 2 aliphatic heterocycles. The minimum Gasteiger partial charge on any atom is -0.508 e. The number of methoxy groups -OCH3 is 2. The van der Waals surface area contributed by atoms with Gasteiger partial charge in [-0.1, -0.05) is 108 Å². The Kier molecular flexibility index (Phi) is 43.1. The van der Waals surface area contributed by atoms with Crippen molar-refractivity contribution in [1.29, 1.82) is 5.26 Å². The van der Waals surface area contributed by atoms with Crippen LogP contribution in [0.1, 0.15) is 168 Å². The number of halogens is 6. The summed E-state index contributed by atoms with van der Waals surface area (Å²) in [5, 5.41) is 47.2. The number of ether oxygens (including phenoxy) is 7. The zero-order valence-corrected chi connectivity index (χ0v) is 78.7. The minimum atomic E-state index is -1.79. The number of hydrogen-bond acceptors (Lipinski definition) is 19. The van der Waals surface area contributed by atoms with E-state index < -0.39 is 38.6 Å². The number of carbonyl (C=O) groups excluding carboxylic acids is 4. The largest absolute Gasteiger partial charge is 0.508 e. The lowest BCUT2D eigenvalue weighted by molar-refractivity contribution is -0.151. The second-order valence-electron chi connectivity index (χ2n) is 27.6. The van der Waals surface area contributed by atoms with E-state index in [0.717, 1.165) is 134 Å². The van der Waals surface area contributed by atoms with Gasteiger partial charge in [-0.2, -0.15) is 5.26 Å². The van der Waals surface area contributed by atoms with Crippen LogP contribution in [-0.4, -0.2) is 119 Å². The van der Waals surface area contributed by atoms with Gasteiger partial charge in [0.05, 0.1) is 77.9 Å². The summed E-state index contributed by atoms with van der Waals surface area (Å²) in [4.78, 5) is 43.6. The fourth-order valence-corrected chi connectivity index (χ4v) is 14.7. The van der Waals surface area contributed by atoms with Gasteiger partial charge in [0, 0.05) is 41.2 Å². The van der Waals surface area contributed by atoms with E-state index in [0.29, 0.717) is 57.9 Å². The van der Waals surface area contributed by atoms with E-state index >= 15 is 0 Å². The zero-order valence-electron chi connectivity index (χ0n) is 68.2. The fraction of sp³-hybridized carbons (Fsp3) is 0.384. The topological polar surface area (TPSA) is 265 Å². The molecule has 1 fully saturated rings. The van der Waals surface area contributed by atoms with Crippen molar-refractivity contribution in [2.24, 2.45) is 0 Å². The molecule has 0 bridgehead atoms. The average Bonchev–Trinajstić information content (AvgIpc) is 1.66. The number of phenols is 2. The number of aromatic hydroxyl groups is 2. The summed E-state index contributed by atoms with van der Waals surface area (Å²) in [6, 6.07) is 39.7. The fourth-order valence-electron chi connectivity index (χ4n) is 10.4. The van der Waals surface area contributed by atoms with Crippen LogP contribution in [0, 0.1) is 66.7 Å². The molecule has 0 radical (unpaired) electrons. The number of aldehydes is 2. The van der Waals surface area contributed by atoms with E-state index in [2.05, 4.69) is 171 Å². The molecule has 8 aromatic carbocycles. The van der Waals surface area contributed by atoms with Gasteiger partial charge in [-0.3, -0.25) is 9.59 Å². The third kappa shape index (κ3) is 30.9. The summed E-state index contributed by atoms with van der Waals surface area (Å²) >= 11 is 20.1. The van der Waals surface area contributed by atoms with E-state index in [1.807, 2.05) is 154 Å². The molecular formula is C86H106BBr6NO18Si. The van der Waals surface area contributed by atoms with Crippen LogP contribution >= 0.6 is 95.6 Å². The normalized spacial score (nSPS) is 13.3. The number of aliphatic hydroxyl groups excluding tert-OH is 2. The zero-order chi connectivity index (χ0) is 85.4. The summed E-state index contributed by atoms with van der Waals surface area (Å²) in [6.45, 7) is 40.9. The molecule has 3 atom stereocenters. The van der Waals surface area contributed by atoms with E-state index in [4.69, 9.17) is 42.5 Å². The Labute approximate surface area is 719 Å². The number of carbonyl (C=O) groups is 4. The highest BCUT2D eigenvalue weighted by atomic mass is 79.9. The summed E-state index contributed by atoms with van der Waals surface area (Å²) in [5.74, 6) is 3.01. The van der Waals surface area contributed by atoms with Crippen LogP contribution in [0.2, 0.25) is 19.6 Å². The molecule has 2 heterocycles. The van der Waals surface area contributed by atoms with Gasteiger partial charge in [-0.25, -0.2) is 9.59 Å². The number of aliphatic hydroxyl groups is 2. The molecule has 2 aliphatic rings. The molecule has 0 amide bonds. The smallest absolute Gasteiger partial charge is 0.494 e. The van der Waals surface area contributed by atoms with Crippen LogP contribution in [0.25, 0.3) is 0 Å². The summed E-state index contributed by atoms with van der Waals surface area (Å²) in [7, 11) is 0.376. The number of fused-ring (bicyclic) bond motifs is 1. The van der Waals surface area contributed by atoms with Crippen LogP contribution in [0.5, 0.6) is 40.2 Å². The van der Waals surface area contributed by atoms with Crippen LogP contribution in [0.4, 0.5) is 0 Å². The standard InChI is InChI=1S/C15H21BO3.C14H20BrNO2Si.C11H13BrO3.C10H11BrO4.C10H11BrO2.C10H12O2.C9H11BrO.C7H7BrO/c1-14(2)15(3,4)19-16(18-14)12-7-8-13-11(10-12)6-5-9-17-13;1-6-17-11-8-7-10(2)13(14(11)15)12(9-16)18-19(3,4)5;1-6-4-5-7(2)9(12)8(6)10(13)11(14)15-3;1-5-3-4-6(12)8(11)7(5)9(13)10(14)15-2;1-3-13-9-5-4-7(2)8(6-12)10(9)11;1-3-12-10-5-4-8(2)9(6-10)7-11;1-3-11-8-5-4-7(2)9(10)6-8;1-5-2-3-6(9)4-7(5)8/h7-8,10H,5-6,9H2,1-4H3;7-8,12H,6H2,1-5H3;4-5,10,13H,1-3H3;3-4,9,12-13H,1-2H3;4-6H,3H2,1-2H3;4-7H,3H2,1-2H3;4-6H,3H2,1-2H3;2-4,9H,1H3. The van der Waals surface area contributed by atoms with Gasteiger partial charge >= 0.3 is 19.1 Å². The number of rotatable bonds is 18. The monoisotopic (exact) mass is 1950 g/mol. The lowest BCUT2D eigenvalue weighted by atomic mass is 9.78. The lowest BCUT2D eigenvalue weighted by Crippen LogP contribution is -2.41. The van der Waals surface area contributed by atoms with Gasteiger partial charge in [-0.05, 0) is 307 Å². The maximum Gasteiger partial charge on any atom is 0.494 e. The van der Waals surface area contributed by atoms with Gasteiger partial charge in [0.2, 0.25) is 0 Å². The molecule has 27 heteroatoms. The van der Waals surface area contributed by atoms with Gasteiger partial charge in [0.25, 0.3) is 0 Å². The van der Waals surface area contributed by atoms with Crippen LogP contribution < -0.4 is 29.1 Å². The number of nitrogens with zero attached hydrogens (tertiary/aromatic N) is 1. The maximum absolute atomic E-state index is 11.2. The molecular weight excluding hydrogens is 1850 g/mol. The van der Waals surface area contributed by atoms with E-state index in [1.54, 1.807) is 31.2 Å². The number of benzene rings is 8. The first-order chi connectivity index (χ1) is 53.1. The Morgan fingerprint density at radius 2 is 0.991 bits per heavy atom. The molecule has 0 saturated carbocycles. The molecule has 10 rings (SSSR count). The second-order valence-corrected chi connectivity index (χ2v) is 36.9. The SMILES string of the molecule is CC1(C)OB(c2ccc3c(c2)CCCO3)OC1(C)C.CCOc1ccc(C)c(Br)c1.CCOc1ccc(C)c(C(C#N)O[Si](C)(C)C)c1Br.CCOc1ccc(C)c(C=O)c1.CCOc1ccc(C)c(C=O)c1Br.COC(=O)C(O)c1c(C)ccc(C)c1Br.COC(=O)C(O)c1c(C)ccc(O)c1Br.Cc1ccc(O)cc1Br. The molecule has 1 saturated heterocycles. The Morgan fingerprint density at radius 1 is 0.540 bits per heavy atom. The summed E-state index contributed by atoms with van der Waals surface area (Å²) < 4.78 is 58.8. The summed E-state index contributed by atoms with van der Waals surface area (Å²) in [6.07, 6.45) is 0.657. The molecule has 4 N–H and O–H groups in total. The van der Waals surface area contributed by atoms with Gasteiger partial charge < -0.3 is 67.3 Å². The molecule has 3 unspecified atom stereocenters. The number of esters is 2. The molecule has 0 aliphatic carbocycles. The molecule has 0 aromatic heterocycles. The van der Waals surface area contributed by atoms with Crippen molar-refractivity contribution in [2.45, 2.75) is 173 Å². The number of nitriles is 1. The van der Waals surface area contributed by atoms with Crippen molar-refractivity contribution in [3.05, 3.63) is 226 Å². The third-order valence-corrected chi connectivity index (χ3v) is 23.6. The summed E-state index contributed by atoms with van der Waals surface area (Å²) in [5.41, 5.74) is 12.7. The third-order valence-electron chi connectivity index (χ3n) is 17.4. The maximum atomic E-state index is 11.2. The van der Waals surface area contributed by atoms with Crippen molar-refractivity contribution in [3.63, 3.8) is 0 Å². The van der Waals surface area contributed by atoms with E-state index in [-0.39, 0.29) is 24.1 Å². The van der Waals surface area contributed by atoms with Crippen molar-refractivity contribution in [1.82, 2.24) is 0 Å². The second kappa shape index (κ2) is 48.6. The van der Waals surface area contributed by atoms with Gasteiger partial charge in [-0.15, -0.1) is 0 Å². The van der Waals surface area contributed by atoms with Crippen molar-refractivity contribution >= 4 is 141 Å². The molecule has 8 aromatic rings. The predicted molar refractivity (Wildman–Crippen MR) is 471 cm³/mol. The first-order valence-electron chi connectivity index (χ1n) is 36.3. The molecule has 612 valence electrons. The Bertz CT molecular complexity index is 4420. The first-order valence-corrected chi connectivity index (χ1v) is 44.5. The van der Waals surface area contributed by atoms with E-state index in [1.165, 1.54) is 31.4 Å². The van der Waals surface area contributed by atoms with Crippen LogP contribution in [0.15, 0.2) is 148 Å². The first kappa shape index (κ1) is 100. The Hall–Kier alpha value is -6.91. The average molecular weight is 1960 g/mol. The number of phenolic OH excluding ortho intramolecular Hbond substituents is 2. The highest BCUT2D eigenvalue weighted by Gasteiger charge is 2.52.